The highest BCUT2D eigenvalue weighted by Gasteiger charge is 2.32. The summed E-state index contributed by atoms with van der Waals surface area (Å²) in [5.74, 6) is 0.215. The van der Waals surface area contributed by atoms with Gasteiger partial charge in [0.15, 0.2) is 0 Å². The molecule has 0 amide bonds. The zero-order valence-electron chi connectivity index (χ0n) is 32.3. The quantitative estimate of drug-likeness (QED) is 0.0441. The van der Waals surface area contributed by atoms with E-state index in [1.165, 1.54) is 48.5 Å². The van der Waals surface area contributed by atoms with Crippen molar-refractivity contribution in [3.63, 3.8) is 0 Å². The molecule has 0 bridgehead atoms. The topological polar surface area (TPSA) is 124 Å². The molecule has 0 atom stereocenters. The second-order valence-electron chi connectivity index (χ2n) is 13.4. The average Bonchev–Trinajstić information content (AvgIpc) is 3.20. The first-order valence-electron chi connectivity index (χ1n) is 18.6. The van der Waals surface area contributed by atoms with E-state index < -0.39 is 29.7 Å². The molecular formula is C46H46O10. The molecule has 0 unspecified atom stereocenters. The van der Waals surface area contributed by atoms with Crippen LogP contribution in [0.2, 0.25) is 0 Å². The SMILES string of the molecule is CCCCOC(=O)c1ccc(OC(=O)Oc2ccc(C(C)(c3ccccc3)c3ccc(OC(=O)Oc4ccc(C(=O)OCCCC)cc4)c(C)c3)cc2C)cc1. The molecule has 0 fully saturated rings. The third-order valence-corrected chi connectivity index (χ3v) is 9.29. The van der Waals surface area contributed by atoms with Crippen molar-refractivity contribution >= 4 is 24.2 Å². The lowest BCUT2D eigenvalue weighted by Gasteiger charge is -2.33. The third-order valence-electron chi connectivity index (χ3n) is 9.29. The number of hydrogen-bond donors (Lipinski definition) is 0. The van der Waals surface area contributed by atoms with Crippen LogP contribution >= 0.6 is 0 Å². The van der Waals surface area contributed by atoms with Crippen LogP contribution in [-0.2, 0) is 14.9 Å². The molecule has 0 radical (unpaired) electrons. The zero-order valence-corrected chi connectivity index (χ0v) is 32.3. The molecule has 10 heteroatoms. The Hall–Kier alpha value is -6.42. The van der Waals surface area contributed by atoms with Crippen LogP contribution in [-0.4, -0.2) is 37.5 Å². The summed E-state index contributed by atoms with van der Waals surface area (Å²) < 4.78 is 32.4. The molecule has 0 saturated carbocycles. The normalized spacial score (nSPS) is 10.9. The molecule has 5 aromatic rings. The van der Waals surface area contributed by atoms with Gasteiger partial charge in [0.1, 0.15) is 23.0 Å². The van der Waals surface area contributed by atoms with E-state index in [4.69, 9.17) is 28.4 Å². The molecule has 290 valence electrons. The van der Waals surface area contributed by atoms with Crippen molar-refractivity contribution in [2.45, 2.75) is 65.7 Å². The van der Waals surface area contributed by atoms with Crippen LogP contribution in [0, 0.1) is 13.8 Å². The summed E-state index contributed by atoms with van der Waals surface area (Å²) in [7, 11) is 0. The number of carbonyl (C=O) groups is 4. The van der Waals surface area contributed by atoms with Crippen molar-refractivity contribution < 1.29 is 47.6 Å². The number of benzene rings is 5. The van der Waals surface area contributed by atoms with Gasteiger partial charge in [0, 0.05) is 5.41 Å². The lowest BCUT2D eigenvalue weighted by atomic mass is 9.70. The number of aryl methyl sites for hydroxylation is 2. The predicted octanol–water partition coefficient (Wildman–Crippen LogP) is 10.7. The summed E-state index contributed by atoms with van der Waals surface area (Å²) in [6.45, 7) is 10.5. The standard InChI is InChI=1S/C46H46O10/c1-6-8-27-51-42(47)33-15-21-38(22-16-33)53-44(49)55-40-25-19-36(29-31(40)3)46(5,35-13-11-10-12-14-35)37-20-26-41(32(4)30-37)56-45(50)54-39-23-17-34(18-24-39)43(48)52-28-9-7-2/h10-26,29-30H,6-9,27-28H2,1-5H3. The smallest absolute Gasteiger partial charge is 0.462 e. The Morgan fingerprint density at radius 3 is 1.29 bits per heavy atom. The van der Waals surface area contributed by atoms with Gasteiger partial charge in [-0.2, -0.15) is 0 Å². The highest BCUT2D eigenvalue weighted by Crippen LogP contribution is 2.41. The molecule has 0 aliphatic heterocycles. The molecular weight excluding hydrogens is 712 g/mol. The van der Waals surface area contributed by atoms with Gasteiger partial charge < -0.3 is 28.4 Å². The second-order valence-corrected chi connectivity index (χ2v) is 13.4. The summed E-state index contributed by atoms with van der Waals surface area (Å²) in [5, 5.41) is 0. The minimum absolute atomic E-state index is 0.220. The van der Waals surface area contributed by atoms with Gasteiger partial charge in [-0.15, -0.1) is 0 Å². The highest BCUT2D eigenvalue weighted by molar-refractivity contribution is 5.90. The molecule has 0 aliphatic rings. The number of ether oxygens (including phenoxy) is 6. The number of esters is 2. The van der Waals surface area contributed by atoms with E-state index in [0.717, 1.165) is 42.4 Å². The maximum atomic E-state index is 12.8. The van der Waals surface area contributed by atoms with Crippen LogP contribution in [0.1, 0.15) is 95.0 Å². The van der Waals surface area contributed by atoms with E-state index in [9.17, 15) is 19.2 Å². The number of hydrogen-bond acceptors (Lipinski definition) is 10. The van der Waals surface area contributed by atoms with E-state index in [2.05, 4.69) is 6.92 Å². The van der Waals surface area contributed by atoms with Crippen LogP contribution < -0.4 is 18.9 Å². The van der Waals surface area contributed by atoms with Crippen molar-refractivity contribution in [2.75, 3.05) is 13.2 Å². The van der Waals surface area contributed by atoms with Crippen molar-refractivity contribution in [3.8, 4) is 23.0 Å². The van der Waals surface area contributed by atoms with Crippen molar-refractivity contribution in [1.29, 1.82) is 0 Å². The van der Waals surface area contributed by atoms with Gasteiger partial charge in [0.25, 0.3) is 0 Å². The summed E-state index contributed by atoms with van der Waals surface area (Å²) in [4.78, 5) is 50.0. The Morgan fingerprint density at radius 1 is 0.500 bits per heavy atom. The highest BCUT2D eigenvalue weighted by atomic mass is 16.7. The van der Waals surface area contributed by atoms with E-state index in [1.807, 2.05) is 82.3 Å². The predicted molar refractivity (Wildman–Crippen MR) is 211 cm³/mol. The van der Waals surface area contributed by atoms with E-state index >= 15 is 0 Å². The van der Waals surface area contributed by atoms with E-state index in [0.29, 0.717) is 47.0 Å². The van der Waals surface area contributed by atoms with Gasteiger partial charge in [-0.05, 0) is 122 Å². The van der Waals surface area contributed by atoms with Crippen molar-refractivity contribution in [1.82, 2.24) is 0 Å². The van der Waals surface area contributed by atoms with Gasteiger partial charge in [-0.25, -0.2) is 19.2 Å². The Kier molecular flexibility index (Phi) is 14.0. The molecule has 0 aliphatic carbocycles. The lowest BCUT2D eigenvalue weighted by molar-refractivity contribution is 0.0490. The monoisotopic (exact) mass is 758 g/mol. The summed E-state index contributed by atoms with van der Waals surface area (Å²) in [6.07, 6.45) is 1.56. The zero-order chi connectivity index (χ0) is 40.1. The van der Waals surface area contributed by atoms with Gasteiger partial charge in [-0.1, -0.05) is 81.3 Å². The van der Waals surface area contributed by atoms with Crippen LogP contribution in [0.5, 0.6) is 23.0 Å². The summed E-state index contributed by atoms with van der Waals surface area (Å²) in [6, 6.07) is 33.3. The first kappa shape index (κ1) is 40.8. The summed E-state index contributed by atoms with van der Waals surface area (Å²) >= 11 is 0. The molecule has 10 nitrogen and oxygen atoms in total. The molecule has 5 rings (SSSR count). The van der Waals surface area contributed by atoms with Crippen LogP contribution in [0.4, 0.5) is 9.59 Å². The Morgan fingerprint density at radius 2 is 0.911 bits per heavy atom. The van der Waals surface area contributed by atoms with Crippen LogP contribution in [0.3, 0.4) is 0 Å². The number of carbonyl (C=O) groups excluding carboxylic acids is 4. The van der Waals surface area contributed by atoms with Gasteiger partial charge in [0.2, 0.25) is 0 Å². The Balaban J connectivity index is 1.28. The van der Waals surface area contributed by atoms with Gasteiger partial charge in [0.05, 0.1) is 24.3 Å². The van der Waals surface area contributed by atoms with Crippen molar-refractivity contribution in [3.05, 3.63) is 154 Å². The minimum Gasteiger partial charge on any atom is -0.462 e. The average molecular weight is 759 g/mol. The van der Waals surface area contributed by atoms with Gasteiger partial charge >= 0.3 is 24.2 Å². The van der Waals surface area contributed by atoms with Gasteiger partial charge in [-0.3, -0.25) is 0 Å². The Bertz CT molecular complexity index is 1990. The molecule has 0 aromatic heterocycles. The third kappa shape index (κ3) is 10.4. The molecule has 0 heterocycles. The first-order chi connectivity index (χ1) is 27.0. The Labute approximate surface area is 327 Å². The van der Waals surface area contributed by atoms with Crippen molar-refractivity contribution in [2.24, 2.45) is 0 Å². The first-order valence-corrected chi connectivity index (χ1v) is 18.6. The fourth-order valence-corrected chi connectivity index (χ4v) is 5.94. The fraction of sp³-hybridized carbons (Fsp3) is 0.261. The largest absolute Gasteiger partial charge is 0.519 e. The summed E-state index contributed by atoms with van der Waals surface area (Å²) in [5.41, 5.74) is 4.30. The second kappa shape index (κ2) is 19.3. The van der Waals surface area contributed by atoms with Crippen LogP contribution in [0.25, 0.3) is 0 Å². The number of unbranched alkanes of at least 4 members (excludes halogenated alkanes) is 2. The maximum Gasteiger partial charge on any atom is 0.519 e. The molecule has 56 heavy (non-hydrogen) atoms. The van der Waals surface area contributed by atoms with E-state index in [-0.39, 0.29) is 11.5 Å². The molecule has 0 spiro atoms. The fourth-order valence-electron chi connectivity index (χ4n) is 5.94. The molecule has 0 N–H and O–H groups in total. The maximum absolute atomic E-state index is 12.8. The molecule has 5 aromatic carbocycles. The number of rotatable bonds is 15. The minimum atomic E-state index is -0.922. The van der Waals surface area contributed by atoms with Crippen LogP contribution in [0.15, 0.2) is 115 Å². The molecule has 0 saturated heterocycles. The lowest BCUT2D eigenvalue weighted by Crippen LogP contribution is -2.26. The van der Waals surface area contributed by atoms with E-state index in [1.54, 1.807) is 12.1 Å².